The van der Waals surface area contributed by atoms with E-state index in [4.69, 9.17) is 12.2 Å². The lowest BCUT2D eigenvalue weighted by molar-refractivity contribution is 0.0940. The smallest absolute Gasteiger partial charge is 0.259 e. The number of H-pyrrole nitrogens is 2. The van der Waals surface area contributed by atoms with E-state index < -0.39 is 0 Å². The van der Waals surface area contributed by atoms with Gasteiger partial charge in [0.1, 0.15) is 0 Å². The van der Waals surface area contributed by atoms with Gasteiger partial charge in [-0.1, -0.05) is 0 Å². The maximum absolute atomic E-state index is 12.4. The molecule has 3 rings (SSSR count). The predicted molar refractivity (Wildman–Crippen MR) is 89.9 cm³/mol. The zero-order valence-corrected chi connectivity index (χ0v) is 13.1. The van der Waals surface area contributed by atoms with Gasteiger partial charge in [0, 0.05) is 18.0 Å². The van der Waals surface area contributed by atoms with Crippen LogP contribution in [0.4, 0.5) is 0 Å². The van der Waals surface area contributed by atoms with Crippen LogP contribution in [0.1, 0.15) is 28.9 Å². The van der Waals surface area contributed by atoms with E-state index >= 15 is 0 Å². The van der Waals surface area contributed by atoms with Gasteiger partial charge < -0.3 is 10.3 Å². The van der Waals surface area contributed by atoms with Crippen LogP contribution < -0.4 is 10.9 Å². The fraction of sp³-hybridized carbons (Fsp3) is 0.125. The van der Waals surface area contributed by atoms with E-state index in [2.05, 4.69) is 20.3 Å². The summed E-state index contributed by atoms with van der Waals surface area (Å²) in [5.41, 5.74) is 1.67. The average Bonchev–Trinajstić information content (AvgIpc) is 2.54. The summed E-state index contributed by atoms with van der Waals surface area (Å²) in [4.78, 5) is 33.5. The lowest BCUT2D eigenvalue weighted by Crippen LogP contribution is -2.26. The molecule has 3 N–H and O–H groups in total. The van der Waals surface area contributed by atoms with Crippen molar-refractivity contribution in [1.82, 2.24) is 20.3 Å². The minimum Gasteiger partial charge on any atom is -0.346 e. The number of carbonyl (C=O) groups is 1. The maximum Gasteiger partial charge on any atom is 0.259 e. The Morgan fingerprint density at radius 3 is 2.70 bits per heavy atom. The Morgan fingerprint density at radius 1 is 1.22 bits per heavy atom. The quantitative estimate of drug-likeness (QED) is 0.645. The van der Waals surface area contributed by atoms with Crippen LogP contribution in [0.5, 0.6) is 0 Å². The third kappa shape index (κ3) is 3.19. The molecule has 3 aromatic rings. The van der Waals surface area contributed by atoms with Crippen molar-refractivity contribution in [2.45, 2.75) is 13.0 Å². The number of nitrogens with one attached hydrogen (secondary N) is 3. The second-order valence-corrected chi connectivity index (χ2v) is 5.55. The van der Waals surface area contributed by atoms with Gasteiger partial charge in [-0.25, -0.2) is 0 Å². The molecule has 0 aliphatic rings. The fourth-order valence-corrected chi connectivity index (χ4v) is 2.53. The number of rotatable bonds is 3. The number of amides is 1. The van der Waals surface area contributed by atoms with E-state index in [-0.39, 0.29) is 22.3 Å². The van der Waals surface area contributed by atoms with Crippen molar-refractivity contribution >= 4 is 29.0 Å². The molecule has 1 atom stereocenters. The minimum absolute atomic E-state index is 0.154. The van der Waals surface area contributed by atoms with Crippen molar-refractivity contribution in [2.75, 3.05) is 0 Å². The Hall–Kier alpha value is -2.80. The summed E-state index contributed by atoms with van der Waals surface area (Å²) in [6.07, 6.45) is 3.36. The largest absolute Gasteiger partial charge is 0.346 e. The van der Waals surface area contributed by atoms with E-state index in [9.17, 15) is 9.59 Å². The summed E-state index contributed by atoms with van der Waals surface area (Å²) in [5, 5.41) is 3.37. The molecular formula is C16H14N4O2S. The summed E-state index contributed by atoms with van der Waals surface area (Å²) in [6.45, 7) is 1.90. The van der Waals surface area contributed by atoms with Crippen molar-refractivity contribution in [3.8, 4) is 0 Å². The van der Waals surface area contributed by atoms with E-state index in [1.807, 2.05) is 19.1 Å². The standard InChI is InChI=1S/C16H14N4O2S/c1-9(10-4-6-17-7-5-10)18-14(21)11-2-3-12-13(8-11)19-16(23)20-15(12)22/h2-9H,1H3,(H,18,21)(H2,19,20,22,23)/t9-/m0/s1. The third-order valence-electron chi connectivity index (χ3n) is 3.56. The summed E-state index contributed by atoms with van der Waals surface area (Å²) in [5.74, 6) is -0.226. The highest BCUT2D eigenvalue weighted by molar-refractivity contribution is 7.71. The minimum atomic E-state index is -0.277. The molecule has 1 aromatic carbocycles. The maximum atomic E-state index is 12.4. The Kier molecular flexibility index (Phi) is 4.03. The van der Waals surface area contributed by atoms with Gasteiger partial charge in [0.2, 0.25) is 0 Å². The summed E-state index contributed by atoms with van der Waals surface area (Å²) in [6, 6.07) is 8.38. The molecule has 116 valence electrons. The van der Waals surface area contributed by atoms with Gasteiger partial charge in [0.05, 0.1) is 16.9 Å². The number of hydrogen-bond donors (Lipinski definition) is 3. The molecule has 0 saturated heterocycles. The van der Waals surface area contributed by atoms with E-state index in [1.54, 1.807) is 30.6 Å². The summed E-state index contributed by atoms with van der Waals surface area (Å²) >= 11 is 4.95. The predicted octanol–water partition coefficient (Wildman–Crippen LogP) is 2.47. The Bertz CT molecular complexity index is 979. The monoisotopic (exact) mass is 326 g/mol. The Morgan fingerprint density at radius 2 is 1.96 bits per heavy atom. The van der Waals surface area contributed by atoms with Gasteiger partial charge in [0.15, 0.2) is 4.77 Å². The van der Waals surface area contributed by atoms with Crippen LogP contribution in [-0.4, -0.2) is 20.9 Å². The van der Waals surface area contributed by atoms with Gasteiger partial charge in [-0.3, -0.25) is 19.6 Å². The molecule has 0 aliphatic heterocycles. The first-order valence-corrected chi connectivity index (χ1v) is 7.42. The van der Waals surface area contributed by atoms with Crippen LogP contribution in [0.2, 0.25) is 0 Å². The topological polar surface area (TPSA) is 90.6 Å². The zero-order valence-electron chi connectivity index (χ0n) is 12.3. The molecule has 0 bridgehead atoms. The lowest BCUT2D eigenvalue weighted by Gasteiger charge is -2.14. The van der Waals surface area contributed by atoms with Gasteiger partial charge in [-0.15, -0.1) is 0 Å². The van der Waals surface area contributed by atoms with Crippen LogP contribution >= 0.6 is 12.2 Å². The molecule has 7 heteroatoms. The van der Waals surface area contributed by atoms with Crippen LogP contribution in [0.25, 0.3) is 10.9 Å². The number of carbonyl (C=O) groups excluding carboxylic acids is 1. The van der Waals surface area contributed by atoms with Crippen LogP contribution in [0.15, 0.2) is 47.5 Å². The summed E-state index contributed by atoms with van der Waals surface area (Å²) in [7, 11) is 0. The molecule has 6 nitrogen and oxygen atoms in total. The van der Waals surface area contributed by atoms with Crippen LogP contribution in [0, 0.1) is 4.77 Å². The normalized spacial score (nSPS) is 12.0. The van der Waals surface area contributed by atoms with Gasteiger partial charge in [0.25, 0.3) is 11.5 Å². The highest BCUT2D eigenvalue weighted by atomic mass is 32.1. The lowest BCUT2D eigenvalue weighted by atomic mass is 10.1. The molecule has 2 aromatic heterocycles. The van der Waals surface area contributed by atoms with Crippen molar-refractivity contribution in [1.29, 1.82) is 0 Å². The van der Waals surface area contributed by atoms with Gasteiger partial charge in [-0.2, -0.15) is 0 Å². The Labute approximate surface area is 136 Å². The molecule has 0 radical (unpaired) electrons. The molecule has 2 heterocycles. The fourth-order valence-electron chi connectivity index (χ4n) is 2.33. The van der Waals surface area contributed by atoms with Crippen molar-refractivity contribution < 1.29 is 4.79 Å². The molecule has 0 saturated carbocycles. The SMILES string of the molecule is C[C@H](NC(=O)c1ccc2c(=O)[nH]c(=S)[nH]c2c1)c1ccncc1. The number of nitrogens with zero attached hydrogens (tertiary/aromatic N) is 1. The number of aromatic amines is 2. The van der Waals surface area contributed by atoms with Crippen molar-refractivity contribution in [3.05, 3.63) is 69.0 Å². The molecular weight excluding hydrogens is 312 g/mol. The summed E-state index contributed by atoms with van der Waals surface area (Å²) < 4.78 is 0.227. The molecule has 0 fully saturated rings. The molecule has 0 aliphatic carbocycles. The highest BCUT2D eigenvalue weighted by Crippen LogP contribution is 2.14. The first-order chi connectivity index (χ1) is 11.0. The van der Waals surface area contributed by atoms with Crippen LogP contribution in [-0.2, 0) is 0 Å². The molecule has 0 unspecified atom stereocenters. The number of pyridine rings is 1. The van der Waals surface area contributed by atoms with E-state index in [0.29, 0.717) is 16.5 Å². The van der Waals surface area contributed by atoms with Crippen molar-refractivity contribution in [3.63, 3.8) is 0 Å². The number of hydrogen-bond acceptors (Lipinski definition) is 4. The average molecular weight is 326 g/mol. The zero-order chi connectivity index (χ0) is 16.4. The number of aromatic nitrogens is 3. The molecule has 1 amide bonds. The first-order valence-electron chi connectivity index (χ1n) is 7.02. The second-order valence-electron chi connectivity index (χ2n) is 5.14. The van der Waals surface area contributed by atoms with Crippen LogP contribution in [0.3, 0.4) is 0 Å². The molecule has 0 spiro atoms. The van der Waals surface area contributed by atoms with Gasteiger partial charge in [-0.05, 0) is 55.0 Å². The highest BCUT2D eigenvalue weighted by Gasteiger charge is 2.12. The third-order valence-corrected chi connectivity index (χ3v) is 3.76. The number of benzene rings is 1. The van der Waals surface area contributed by atoms with Gasteiger partial charge >= 0.3 is 0 Å². The van der Waals surface area contributed by atoms with E-state index in [0.717, 1.165) is 5.56 Å². The van der Waals surface area contributed by atoms with Crippen molar-refractivity contribution in [2.24, 2.45) is 0 Å². The molecule has 23 heavy (non-hydrogen) atoms. The second kappa shape index (κ2) is 6.13. The first kappa shape index (κ1) is 15.1. The number of fused-ring (bicyclic) bond motifs is 1. The van der Waals surface area contributed by atoms with E-state index in [1.165, 1.54) is 0 Å². The Balaban J connectivity index is 1.89.